The molecular formula is C78H37F13N4O13S4. The number of nitrogens with zero attached hydrogens (tertiary/aromatic N) is 4. The number of pyridine rings is 4. The molecule has 0 spiro atoms. The van der Waals surface area contributed by atoms with Gasteiger partial charge in [0, 0.05) is 33.2 Å². The van der Waals surface area contributed by atoms with E-state index >= 15 is 17.6 Å². The largest absolute Gasteiger partial charge is 0.507 e. The lowest BCUT2D eigenvalue weighted by atomic mass is 10.1. The number of aromatic nitrogens is 4. The smallest absolute Gasteiger partial charge is 0.416 e. The maximum absolute atomic E-state index is 15.2. The normalized spacial score (nSPS) is 11.6. The van der Waals surface area contributed by atoms with Crippen molar-refractivity contribution in [3.63, 3.8) is 0 Å². The summed E-state index contributed by atoms with van der Waals surface area (Å²) in [5.74, 6) is -24.7. The molecule has 0 amide bonds. The lowest BCUT2D eigenvalue weighted by Crippen LogP contribution is -2.22. The van der Waals surface area contributed by atoms with Crippen LogP contribution in [0.2, 0.25) is 0 Å². The van der Waals surface area contributed by atoms with Gasteiger partial charge in [-0.25, -0.2) is 63.3 Å². The van der Waals surface area contributed by atoms with Gasteiger partial charge in [-0.1, -0.05) is 126 Å². The minimum absolute atomic E-state index is 0.0249. The molecule has 0 fully saturated rings. The zero-order valence-corrected chi connectivity index (χ0v) is 58.6. The third kappa shape index (κ3) is 13.6. The summed E-state index contributed by atoms with van der Waals surface area (Å²) < 4.78 is 202. The highest BCUT2D eigenvalue weighted by Gasteiger charge is 2.36. The van der Waals surface area contributed by atoms with Gasteiger partial charge in [-0.3, -0.25) is 28.1 Å². The molecule has 0 aliphatic heterocycles. The summed E-state index contributed by atoms with van der Waals surface area (Å²) in [6.07, 6.45) is -3.33. The van der Waals surface area contributed by atoms with E-state index in [1.807, 2.05) is 18.2 Å². The number of halogens is 13. The van der Waals surface area contributed by atoms with Crippen molar-refractivity contribution in [2.24, 2.45) is 0 Å². The van der Waals surface area contributed by atoms with Gasteiger partial charge >= 0.3 is 23.1 Å². The van der Waals surface area contributed by atoms with E-state index in [0.717, 1.165) is 63.0 Å². The molecule has 0 saturated heterocycles. The SMILES string of the molecule is O=c1oc2c(c(O)c1Sc1c(F)c(F)c(Sc3c(F)c(F)c(F)c(F)c3F)c(F)c1F)c(=O)n(-c1ccccc1)c1ccccc21.O=c1oc2c(c(O)c1Sc1ccc(F)cc1)c(=O)n(-c1cccc(C(F)(F)F)c1)c1ncccc21.O=c1oc2c(c(O)c1Sc1ccccc1O)c(=O)n(-c1ccccc1)c1ccccc21. The van der Waals surface area contributed by atoms with Gasteiger partial charge in [0.2, 0.25) is 5.82 Å². The van der Waals surface area contributed by atoms with E-state index in [9.17, 15) is 88.7 Å². The maximum Gasteiger partial charge on any atom is 0.416 e. The summed E-state index contributed by atoms with van der Waals surface area (Å²) in [7, 11) is 0. The molecule has 16 aromatic rings. The van der Waals surface area contributed by atoms with Crippen molar-refractivity contribution in [1.82, 2.24) is 18.7 Å². The number of alkyl halides is 3. The Kier molecular flexibility index (Phi) is 20.4. The highest BCUT2D eigenvalue weighted by Crippen LogP contribution is 2.47. The maximum atomic E-state index is 15.2. The van der Waals surface area contributed by atoms with Crippen molar-refractivity contribution < 1.29 is 90.8 Å². The Labute approximate surface area is 630 Å². The van der Waals surface area contributed by atoms with Crippen LogP contribution in [-0.4, -0.2) is 39.1 Å². The molecule has 562 valence electrons. The topological polar surface area (TPSA) is 250 Å². The third-order valence-electron chi connectivity index (χ3n) is 16.8. The van der Waals surface area contributed by atoms with Crippen LogP contribution in [0.15, 0.2) is 282 Å². The summed E-state index contributed by atoms with van der Waals surface area (Å²) in [6.45, 7) is 0. The molecule has 17 nitrogen and oxygen atoms in total. The van der Waals surface area contributed by atoms with Gasteiger partial charge in [-0.15, -0.1) is 0 Å². The van der Waals surface area contributed by atoms with Gasteiger partial charge in [0.1, 0.15) is 42.4 Å². The first-order chi connectivity index (χ1) is 53.5. The molecule has 4 N–H and O–H groups in total. The second kappa shape index (κ2) is 30.2. The fourth-order valence-corrected chi connectivity index (χ4v) is 15.2. The molecule has 0 radical (unpaired) electrons. The first-order valence-corrected chi connectivity index (χ1v) is 35.1. The summed E-state index contributed by atoms with van der Waals surface area (Å²) in [6, 6.07) is 48.6. The summed E-state index contributed by atoms with van der Waals surface area (Å²) >= 11 is 0.389. The van der Waals surface area contributed by atoms with E-state index in [4.69, 9.17) is 13.3 Å². The lowest BCUT2D eigenvalue weighted by Gasteiger charge is -2.15. The van der Waals surface area contributed by atoms with Crippen molar-refractivity contribution in [2.75, 3.05) is 0 Å². The highest BCUT2D eigenvalue weighted by molar-refractivity contribution is 8.00. The van der Waals surface area contributed by atoms with E-state index in [1.54, 1.807) is 91.0 Å². The Hall–Kier alpha value is -12.9. The molecule has 9 aromatic carbocycles. The number of rotatable bonds is 11. The first kappa shape index (κ1) is 75.9. The van der Waals surface area contributed by atoms with Crippen LogP contribution >= 0.6 is 47.0 Å². The number of phenolic OH excluding ortho intramolecular Hbond substituents is 1. The Balaban J connectivity index is 0.000000143. The number of hydrogen-bond donors (Lipinski definition) is 4. The fraction of sp³-hybridized carbons (Fsp3) is 0.0128. The molecule has 0 unspecified atom stereocenters. The molecule has 0 atom stereocenters. The standard InChI is InChI=1S/C30H10F9NO4S2.C24H12F4N2O4S.C24H15NO5S/c31-14-15(32)17(34)25(18(35)16(14)33)45-26-19(36)21(38)27(22(39)20(26)37)46-28-23(41)13-24(44-30(28)43)11-8-4-5-9-12(11)40(29(13)42)10-6-2-1-3-7-10;25-13-6-8-15(9-7-13)35-20-18(31)17-19(34-23(20)33)16-5-2-10-29-21(16)30(22(17)32)14-4-1-3-12(11-14)24(26,27)28;26-17-12-6-7-13-18(17)31-22-20(27)19-21(30-24(22)29)15-10-4-5-11-16(15)25(23(19)28)14-8-2-1-3-9-14/h1-9,41H;1-11,31H;1-13,26-27H. The third-order valence-corrected chi connectivity index (χ3v) is 21.2. The summed E-state index contributed by atoms with van der Waals surface area (Å²) in [4.78, 5) is 77.2. The molecule has 0 bridgehead atoms. The Morgan fingerprint density at radius 1 is 0.348 bits per heavy atom. The second-order valence-corrected chi connectivity index (χ2v) is 27.7. The zero-order chi connectivity index (χ0) is 79.6. The molecule has 7 aromatic heterocycles. The molecule has 0 aliphatic carbocycles. The minimum atomic E-state index is -4.66. The van der Waals surface area contributed by atoms with E-state index in [2.05, 4.69) is 4.98 Å². The van der Waals surface area contributed by atoms with E-state index < -0.39 is 168 Å². The number of hydrogen-bond acceptors (Lipinski definition) is 18. The predicted molar refractivity (Wildman–Crippen MR) is 388 cm³/mol. The molecule has 0 saturated carbocycles. The summed E-state index contributed by atoms with van der Waals surface area (Å²) in [5.41, 5.74) is -5.73. The number of para-hydroxylation sites is 5. The lowest BCUT2D eigenvalue weighted by molar-refractivity contribution is -0.137. The van der Waals surface area contributed by atoms with Gasteiger partial charge in [0.25, 0.3) is 16.7 Å². The monoisotopic (exact) mass is 1610 g/mol. The van der Waals surface area contributed by atoms with Gasteiger partial charge in [0.15, 0.2) is 86.2 Å². The van der Waals surface area contributed by atoms with Crippen molar-refractivity contribution >= 4 is 113 Å². The van der Waals surface area contributed by atoms with Crippen molar-refractivity contribution in [3.8, 4) is 40.1 Å². The summed E-state index contributed by atoms with van der Waals surface area (Å²) in [5, 5.41) is 42.8. The fourth-order valence-electron chi connectivity index (χ4n) is 11.7. The number of benzene rings is 9. The van der Waals surface area contributed by atoms with Gasteiger partial charge < -0.3 is 33.7 Å². The average molecular weight is 1610 g/mol. The van der Waals surface area contributed by atoms with Crippen LogP contribution in [0.25, 0.3) is 82.8 Å². The van der Waals surface area contributed by atoms with Crippen molar-refractivity contribution in [1.29, 1.82) is 0 Å². The van der Waals surface area contributed by atoms with Gasteiger partial charge in [0.05, 0.1) is 47.3 Å². The molecule has 7 heterocycles. The van der Waals surface area contributed by atoms with Crippen molar-refractivity contribution in [2.45, 2.75) is 45.3 Å². The minimum Gasteiger partial charge on any atom is -0.507 e. The first-order valence-electron chi connectivity index (χ1n) is 31.8. The van der Waals surface area contributed by atoms with Crippen LogP contribution < -0.4 is 33.6 Å². The Morgan fingerprint density at radius 2 is 0.723 bits per heavy atom. The van der Waals surface area contributed by atoms with Crippen LogP contribution in [0.1, 0.15) is 5.56 Å². The molecule has 34 heteroatoms. The number of aromatic hydroxyl groups is 4. The Morgan fingerprint density at radius 3 is 1.20 bits per heavy atom. The van der Waals surface area contributed by atoms with E-state index in [1.165, 1.54) is 65.4 Å². The van der Waals surface area contributed by atoms with E-state index in [0.29, 0.717) is 32.1 Å². The van der Waals surface area contributed by atoms with Gasteiger partial charge in [-0.2, -0.15) is 13.2 Å². The number of phenols is 1. The van der Waals surface area contributed by atoms with Crippen LogP contribution in [0, 0.1) is 58.2 Å². The molecule has 0 aliphatic rings. The number of fused-ring (bicyclic) bond motifs is 9. The second-order valence-electron chi connectivity index (χ2n) is 23.5. The highest BCUT2D eigenvalue weighted by atomic mass is 32.2. The van der Waals surface area contributed by atoms with Crippen LogP contribution in [0.4, 0.5) is 57.1 Å². The zero-order valence-electron chi connectivity index (χ0n) is 55.4. The molecular weight excluding hydrogens is 1580 g/mol. The molecule has 16 rings (SSSR count). The van der Waals surface area contributed by atoms with Crippen LogP contribution in [0.3, 0.4) is 0 Å². The Bertz CT molecular complexity index is 6940. The van der Waals surface area contributed by atoms with Crippen molar-refractivity contribution in [3.05, 3.63) is 326 Å². The van der Waals surface area contributed by atoms with E-state index in [-0.39, 0.29) is 71.5 Å². The van der Waals surface area contributed by atoms with Gasteiger partial charge in [-0.05, 0) is 115 Å². The van der Waals surface area contributed by atoms with Crippen LogP contribution in [-0.2, 0) is 6.18 Å². The predicted octanol–water partition coefficient (Wildman–Crippen LogP) is 18.5. The quantitative estimate of drug-likeness (QED) is 0.0406. The van der Waals surface area contributed by atoms with Crippen LogP contribution in [0.5, 0.6) is 23.0 Å². The average Bonchev–Trinajstić information content (AvgIpc) is 0.738. The molecule has 112 heavy (non-hydrogen) atoms.